The van der Waals surface area contributed by atoms with Gasteiger partial charge >= 0.3 is 0 Å². The number of nitrogens with one attached hydrogen (secondary N) is 1. The maximum atomic E-state index is 6.07. The van der Waals surface area contributed by atoms with Crippen LogP contribution in [0.4, 0.5) is 0 Å². The molecule has 25 heavy (non-hydrogen) atoms. The number of fused-ring (bicyclic) bond motifs is 1. The third-order valence-corrected chi connectivity index (χ3v) is 5.84. The summed E-state index contributed by atoms with van der Waals surface area (Å²) in [6.07, 6.45) is 5.17. The van der Waals surface area contributed by atoms with Gasteiger partial charge in [0.15, 0.2) is 0 Å². The first-order valence-corrected chi connectivity index (χ1v) is 9.66. The quantitative estimate of drug-likeness (QED) is 0.738. The number of aromatic nitrogens is 2. The lowest BCUT2D eigenvalue weighted by molar-refractivity contribution is 0.322. The molecule has 1 aliphatic rings. The molecule has 0 bridgehead atoms. The molecule has 0 fully saturated rings. The molecule has 2 aromatic heterocycles. The van der Waals surface area contributed by atoms with Crippen molar-refractivity contribution < 1.29 is 0 Å². The first-order chi connectivity index (χ1) is 12.2. The Kier molecular flexibility index (Phi) is 4.90. The fourth-order valence-electron chi connectivity index (χ4n) is 3.23. The average molecular weight is 373 g/mol. The molecule has 3 heterocycles. The number of halogens is 1. The summed E-state index contributed by atoms with van der Waals surface area (Å²) in [4.78, 5) is 5.33. The van der Waals surface area contributed by atoms with Crippen LogP contribution in [0.15, 0.2) is 42.7 Å². The van der Waals surface area contributed by atoms with Crippen LogP contribution in [0, 0.1) is 0 Å². The lowest BCUT2D eigenvalue weighted by atomic mass is 10.1. The standard InChI is InChI=1S/C19H21ClN4S/c1-23(13-18-7-15-10-21-6-5-19(15)25-18)11-14-9-22-24(12-14)17-4-2-3-16(20)8-17/h2-4,7-9,12,21H,5-6,10-11,13H2,1H3. The van der Waals surface area contributed by atoms with Gasteiger partial charge < -0.3 is 5.32 Å². The van der Waals surface area contributed by atoms with Gasteiger partial charge in [-0.2, -0.15) is 5.10 Å². The highest BCUT2D eigenvalue weighted by molar-refractivity contribution is 7.12. The van der Waals surface area contributed by atoms with Crippen LogP contribution in [0.5, 0.6) is 0 Å². The fourth-order valence-corrected chi connectivity index (χ4v) is 4.68. The van der Waals surface area contributed by atoms with Crippen LogP contribution in [-0.4, -0.2) is 28.3 Å². The molecule has 0 amide bonds. The predicted octanol–water partition coefficient (Wildman–Crippen LogP) is 3.86. The second-order valence-electron chi connectivity index (χ2n) is 6.53. The van der Waals surface area contributed by atoms with E-state index in [1.54, 1.807) is 4.88 Å². The van der Waals surface area contributed by atoms with Crippen molar-refractivity contribution in [1.29, 1.82) is 0 Å². The summed E-state index contributed by atoms with van der Waals surface area (Å²) in [5.74, 6) is 0. The average Bonchev–Trinajstić information content (AvgIpc) is 3.21. The Morgan fingerprint density at radius 1 is 1.32 bits per heavy atom. The fraction of sp³-hybridized carbons (Fsp3) is 0.316. The number of hydrogen-bond donors (Lipinski definition) is 1. The minimum Gasteiger partial charge on any atom is -0.312 e. The summed E-state index contributed by atoms with van der Waals surface area (Å²) in [6, 6.07) is 10.1. The van der Waals surface area contributed by atoms with Crippen molar-refractivity contribution in [3.63, 3.8) is 0 Å². The first-order valence-electron chi connectivity index (χ1n) is 8.46. The molecule has 0 atom stereocenters. The first kappa shape index (κ1) is 16.8. The Morgan fingerprint density at radius 3 is 3.08 bits per heavy atom. The van der Waals surface area contributed by atoms with Crippen molar-refractivity contribution in [3.05, 3.63) is 68.6 Å². The molecule has 3 aromatic rings. The van der Waals surface area contributed by atoms with E-state index in [-0.39, 0.29) is 0 Å². The van der Waals surface area contributed by atoms with Gasteiger partial charge in [0, 0.05) is 52.7 Å². The van der Waals surface area contributed by atoms with Crippen molar-refractivity contribution in [2.45, 2.75) is 26.1 Å². The molecular weight excluding hydrogens is 352 g/mol. The smallest absolute Gasteiger partial charge is 0.0660 e. The van der Waals surface area contributed by atoms with Crippen LogP contribution >= 0.6 is 22.9 Å². The van der Waals surface area contributed by atoms with E-state index in [1.807, 2.05) is 46.5 Å². The Balaban J connectivity index is 1.41. The lowest BCUT2D eigenvalue weighted by Crippen LogP contribution is -2.21. The van der Waals surface area contributed by atoms with E-state index >= 15 is 0 Å². The molecular formula is C19H21ClN4S. The van der Waals surface area contributed by atoms with Crippen molar-refractivity contribution >= 4 is 22.9 Å². The van der Waals surface area contributed by atoms with E-state index in [0.29, 0.717) is 0 Å². The maximum Gasteiger partial charge on any atom is 0.0660 e. The van der Waals surface area contributed by atoms with Gasteiger partial charge in [0.2, 0.25) is 0 Å². The topological polar surface area (TPSA) is 33.1 Å². The van der Waals surface area contributed by atoms with E-state index in [2.05, 4.69) is 34.6 Å². The normalized spacial score (nSPS) is 14.0. The van der Waals surface area contributed by atoms with Gasteiger partial charge in [0.1, 0.15) is 0 Å². The number of benzene rings is 1. The third-order valence-electron chi connectivity index (χ3n) is 4.38. The minimum atomic E-state index is 0.725. The van der Waals surface area contributed by atoms with E-state index in [1.165, 1.54) is 16.0 Å². The SMILES string of the molecule is CN(Cc1cnn(-c2cccc(Cl)c2)c1)Cc1cc2c(s1)CCNC2. The zero-order chi connectivity index (χ0) is 17.2. The molecule has 1 N–H and O–H groups in total. The van der Waals surface area contributed by atoms with Crippen molar-refractivity contribution in [2.75, 3.05) is 13.6 Å². The van der Waals surface area contributed by atoms with Gasteiger partial charge in [-0.3, -0.25) is 4.90 Å². The minimum absolute atomic E-state index is 0.725. The monoisotopic (exact) mass is 372 g/mol. The van der Waals surface area contributed by atoms with Crippen LogP contribution in [0.2, 0.25) is 5.02 Å². The maximum absolute atomic E-state index is 6.07. The Hall–Kier alpha value is -1.66. The van der Waals surface area contributed by atoms with E-state index in [9.17, 15) is 0 Å². The lowest BCUT2D eigenvalue weighted by Gasteiger charge is -2.14. The number of hydrogen-bond acceptors (Lipinski definition) is 4. The van der Waals surface area contributed by atoms with Gasteiger partial charge in [0.05, 0.1) is 11.9 Å². The number of nitrogens with zero attached hydrogens (tertiary/aromatic N) is 3. The second kappa shape index (κ2) is 7.30. The largest absolute Gasteiger partial charge is 0.312 e. The van der Waals surface area contributed by atoms with Crippen LogP contribution in [0.25, 0.3) is 5.69 Å². The summed E-state index contributed by atoms with van der Waals surface area (Å²) >= 11 is 8.03. The Labute approximate surface area is 157 Å². The molecule has 1 aromatic carbocycles. The van der Waals surface area contributed by atoms with Gasteiger partial charge in [-0.15, -0.1) is 11.3 Å². The van der Waals surface area contributed by atoms with Crippen LogP contribution in [0.3, 0.4) is 0 Å². The van der Waals surface area contributed by atoms with E-state index in [0.717, 1.165) is 43.3 Å². The molecule has 0 radical (unpaired) electrons. The molecule has 0 spiro atoms. The highest BCUT2D eigenvalue weighted by atomic mass is 35.5. The van der Waals surface area contributed by atoms with Crippen LogP contribution in [-0.2, 0) is 26.1 Å². The summed E-state index contributed by atoms with van der Waals surface area (Å²) in [5.41, 5.74) is 3.67. The molecule has 0 aliphatic carbocycles. The zero-order valence-electron chi connectivity index (χ0n) is 14.2. The van der Waals surface area contributed by atoms with Crippen molar-refractivity contribution in [1.82, 2.24) is 20.0 Å². The van der Waals surface area contributed by atoms with E-state index < -0.39 is 0 Å². The third kappa shape index (κ3) is 3.96. The van der Waals surface area contributed by atoms with Crippen LogP contribution in [0.1, 0.15) is 20.9 Å². The van der Waals surface area contributed by atoms with Gasteiger partial charge in [-0.25, -0.2) is 4.68 Å². The summed E-state index contributed by atoms with van der Waals surface area (Å²) < 4.78 is 1.88. The summed E-state index contributed by atoms with van der Waals surface area (Å²) in [6.45, 7) is 3.97. The highest BCUT2D eigenvalue weighted by Gasteiger charge is 2.14. The predicted molar refractivity (Wildman–Crippen MR) is 103 cm³/mol. The molecule has 4 nitrogen and oxygen atoms in total. The zero-order valence-corrected chi connectivity index (χ0v) is 15.8. The summed E-state index contributed by atoms with van der Waals surface area (Å²) in [7, 11) is 2.16. The molecule has 6 heteroatoms. The molecule has 4 rings (SSSR count). The van der Waals surface area contributed by atoms with Gasteiger partial charge in [-0.1, -0.05) is 17.7 Å². The van der Waals surface area contributed by atoms with Crippen LogP contribution < -0.4 is 5.32 Å². The second-order valence-corrected chi connectivity index (χ2v) is 8.19. The molecule has 1 aliphatic heterocycles. The number of thiophene rings is 1. The number of rotatable bonds is 5. The Morgan fingerprint density at radius 2 is 2.24 bits per heavy atom. The van der Waals surface area contributed by atoms with Gasteiger partial charge in [0.25, 0.3) is 0 Å². The van der Waals surface area contributed by atoms with E-state index in [4.69, 9.17) is 11.6 Å². The molecule has 130 valence electrons. The highest BCUT2D eigenvalue weighted by Crippen LogP contribution is 2.26. The van der Waals surface area contributed by atoms with Gasteiger partial charge in [-0.05, 0) is 43.3 Å². The molecule has 0 unspecified atom stereocenters. The Bertz CT molecular complexity index is 846. The molecule has 0 saturated carbocycles. The van der Waals surface area contributed by atoms with Crippen molar-refractivity contribution in [2.24, 2.45) is 0 Å². The van der Waals surface area contributed by atoms with Crippen molar-refractivity contribution in [3.8, 4) is 5.69 Å². The molecule has 0 saturated heterocycles. The summed E-state index contributed by atoms with van der Waals surface area (Å²) in [5, 5.41) is 8.63.